The SMILES string of the molecule is CC[C@@H]1O[C@H](C)OC[C@H]1O. The maximum absolute atomic E-state index is 9.24. The van der Waals surface area contributed by atoms with Gasteiger partial charge in [0.1, 0.15) is 6.10 Å². The first-order chi connectivity index (χ1) is 4.74. The van der Waals surface area contributed by atoms with Crippen molar-refractivity contribution >= 4 is 0 Å². The van der Waals surface area contributed by atoms with Crippen LogP contribution in [0.15, 0.2) is 0 Å². The van der Waals surface area contributed by atoms with Crippen molar-refractivity contribution in [3.8, 4) is 0 Å². The Morgan fingerprint density at radius 2 is 2.30 bits per heavy atom. The Hall–Kier alpha value is -0.120. The van der Waals surface area contributed by atoms with E-state index in [0.29, 0.717) is 6.61 Å². The van der Waals surface area contributed by atoms with Crippen molar-refractivity contribution in [2.45, 2.75) is 38.8 Å². The molecular weight excluding hydrogens is 132 g/mol. The van der Waals surface area contributed by atoms with E-state index in [1.165, 1.54) is 0 Å². The molecule has 0 unspecified atom stereocenters. The maximum Gasteiger partial charge on any atom is 0.155 e. The van der Waals surface area contributed by atoms with Crippen LogP contribution in [0.25, 0.3) is 0 Å². The highest BCUT2D eigenvalue weighted by Gasteiger charge is 2.26. The fourth-order valence-electron chi connectivity index (χ4n) is 1.09. The van der Waals surface area contributed by atoms with E-state index in [9.17, 15) is 5.11 Å². The molecule has 0 bridgehead atoms. The molecule has 0 saturated carbocycles. The number of hydrogen-bond acceptors (Lipinski definition) is 3. The van der Waals surface area contributed by atoms with E-state index in [0.717, 1.165) is 6.42 Å². The van der Waals surface area contributed by atoms with Crippen molar-refractivity contribution < 1.29 is 14.6 Å². The number of aliphatic hydroxyl groups excluding tert-OH is 1. The molecule has 1 fully saturated rings. The summed E-state index contributed by atoms with van der Waals surface area (Å²) >= 11 is 0. The third-order valence-corrected chi connectivity index (χ3v) is 1.70. The molecule has 3 atom stereocenters. The molecule has 1 N–H and O–H groups in total. The Morgan fingerprint density at radius 3 is 2.80 bits per heavy atom. The molecule has 1 saturated heterocycles. The van der Waals surface area contributed by atoms with Crippen LogP contribution in [0.5, 0.6) is 0 Å². The van der Waals surface area contributed by atoms with Crippen molar-refractivity contribution in [3.63, 3.8) is 0 Å². The molecule has 1 aliphatic heterocycles. The van der Waals surface area contributed by atoms with Gasteiger partial charge in [-0.1, -0.05) is 6.92 Å². The molecule has 3 heteroatoms. The Morgan fingerprint density at radius 1 is 1.60 bits per heavy atom. The van der Waals surface area contributed by atoms with Gasteiger partial charge < -0.3 is 14.6 Å². The molecule has 0 aromatic carbocycles. The third kappa shape index (κ3) is 1.68. The molecule has 0 aromatic heterocycles. The van der Waals surface area contributed by atoms with Crippen molar-refractivity contribution in [1.29, 1.82) is 0 Å². The minimum Gasteiger partial charge on any atom is -0.388 e. The molecule has 0 spiro atoms. The molecule has 0 aromatic rings. The predicted octanol–water partition coefficient (Wildman–Crippen LogP) is 0.519. The van der Waals surface area contributed by atoms with E-state index >= 15 is 0 Å². The van der Waals surface area contributed by atoms with E-state index < -0.39 is 6.10 Å². The van der Waals surface area contributed by atoms with Crippen LogP contribution >= 0.6 is 0 Å². The topological polar surface area (TPSA) is 38.7 Å². The van der Waals surface area contributed by atoms with E-state index in [4.69, 9.17) is 9.47 Å². The standard InChI is InChI=1S/C7H14O3/c1-3-7-6(8)4-9-5(2)10-7/h5-8H,3-4H2,1-2H3/t5-,6-,7+/m1/s1. The van der Waals surface area contributed by atoms with Gasteiger partial charge in [-0.05, 0) is 13.3 Å². The largest absolute Gasteiger partial charge is 0.388 e. The van der Waals surface area contributed by atoms with Crippen molar-refractivity contribution in [3.05, 3.63) is 0 Å². The van der Waals surface area contributed by atoms with Crippen molar-refractivity contribution in [1.82, 2.24) is 0 Å². The van der Waals surface area contributed by atoms with Gasteiger partial charge in [0.05, 0.1) is 12.7 Å². The number of hydrogen-bond donors (Lipinski definition) is 1. The first-order valence-electron chi connectivity index (χ1n) is 3.69. The minimum atomic E-state index is -0.443. The second-order valence-electron chi connectivity index (χ2n) is 2.55. The minimum absolute atomic E-state index is 0.0382. The van der Waals surface area contributed by atoms with Gasteiger partial charge in [-0.25, -0.2) is 0 Å². The molecule has 3 nitrogen and oxygen atoms in total. The normalized spacial score (nSPS) is 41.7. The highest BCUT2D eigenvalue weighted by atomic mass is 16.7. The smallest absolute Gasteiger partial charge is 0.155 e. The monoisotopic (exact) mass is 146 g/mol. The van der Waals surface area contributed by atoms with Gasteiger partial charge in [0.25, 0.3) is 0 Å². The summed E-state index contributed by atoms with van der Waals surface area (Å²) in [4.78, 5) is 0. The van der Waals surface area contributed by atoms with Gasteiger partial charge in [0, 0.05) is 0 Å². The number of rotatable bonds is 1. The van der Waals surface area contributed by atoms with Gasteiger partial charge in [-0.2, -0.15) is 0 Å². The molecule has 1 heterocycles. The Kier molecular flexibility index (Phi) is 2.65. The summed E-state index contributed by atoms with van der Waals surface area (Å²) in [5, 5.41) is 9.24. The fourth-order valence-corrected chi connectivity index (χ4v) is 1.09. The lowest BCUT2D eigenvalue weighted by atomic mass is 10.1. The molecule has 0 aliphatic carbocycles. The lowest BCUT2D eigenvalue weighted by molar-refractivity contribution is -0.244. The van der Waals surface area contributed by atoms with E-state index in [2.05, 4.69) is 0 Å². The molecule has 0 radical (unpaired) electrons. The maximum atomic E-state index is 9.24. The van der Waals surface area contributed by atoms with E-state index in [1.54, 1.807) is 0 Å². The Labute approximate surface area is 60.9 Å². The Balaban J connectivity index is 2.38. The molecule has 1 aliphatic rings. The van der Waals surface area contributed by atoms with Crippen LogP contribution in [-0.2, 0) is 9.47 Å². The lowest BCUT2D eigenvalue weighted by Gasteiger charge is -2.31. The summed E-state index contributed by atoms with van der Waals surface area (Å²) in [7, 11) is 0. The van der Waals surface area contributed by atoms with Crippen LogP contribution in [0, 0.1) is 0 Å². The van der Waals surface area contributed by atoms with Crippen LogP contribution in [0.4, 0.5) is 0 Å². The Bertz CT molecular complexity index is 105. The van der Waals surface area contributed by atoms with Gasteiger partial charge in [-0.15, -0.1) is 0 Å². The number of aliphatic hydroxyl groups is 1. The van der Waals surface area contributed by atoms with Gasteiger partial charge >= 0.3 is 0 Å². The van der Waals surface area contributed by atoms with E-state index in [-0.39, 0.29) is 12.4 Å². The van der Waals surface area contributed by atoms with Crippen LogP contribution in [0.3, 0.4) is 0 Å². The van der Waals surface area contributed by atoms with Gasteiger partial charge in [0.2, 0.25) is 0 Å². The second kappa shape index (κ2) is 3.32. The highest BCUT2D eigenvalue weighted by molar-refractivity contribution is 4.70. The lowest BCUT2D eigenvalue weighted by Crippen LogP contribution is -2.42. The predicted molar refractivity (Wildman–Crippen MR) is 36.6 cm³/mol. The zero-order chi connectivity index (χ0) is 7.56. The molecule has 1 rings (SSSR count). The second-order valence-corrected chi connectivity index (χ2v) is 2.55. The zero-order valence-electron chi connectivity index (χ0n) is 6.41. The van der Waals surface area contributed by atoms with Crippen LogP contribution < -0.4 is 0 Å². The highest BCUT2D eigenvalue weighted by Crippen LogP contribution is 2.14. The zero-order valence-corrected chi connectivity index (χ0v) is 6.41. The van der Waals surface area contributed by atoms with Crippen LogP contribution in [0.1, 0.15) is 20.3 Å². The average Bonchev–Trinajstić information content (AvgIpc) is 1.94. The van der Waals surface area contributed by atoms with Gasteiger partial charge in [0.15, 0.2) is 6.29 Å². The molecular formula is C7H14O3. The first-order valence-corrected chi connectivity index (χ1v) is 3.69. The van der Waals surface area contributed by atoms with Crippen LogP contribution in [-0.4, -0.2) is 30.2 Å². The number of ether oxygens (including phenoxy) is 2. The fraction of sp³-hybridized carbons (Fsp3) is 1.00. The summed E-state index contributed by atoms with van der Waals surface area (Å²) in [6.07, 6.45) is 0.202. The van der Waals surface area contributed by atoms with Gasteiger partial charge in [-0.3, -0.25) is 0 Å². The first kappa shape index (κ1) is 7.98. The molecule has 10 heavy (non-hydrogen) atoms. The van der Waals surface area contributed by atoms with Crippen molar-refractivity contribution in [2.24, 2.45) is 0 Å². The summed E-state index contributed by atoms with van der Waals surface area (Å²) < 4.78 is 10.3. The van der Waals surface area contributed by atoms with Crippen molar-refractivity contribution in [2.75, 3.05) is 6.61 Å². The van der Waals surface area contributed by atoms with E-state index in [1.807, 2.05) is 13.8 Å². The summed E-state index contributed by atoms with van der Waals surface area (Å²) in [5.74, 6) is 0. The molecule has 60 valence electrons. The summed E-state index contributed by atoms with van der Waals surface area (Å²) in [6, 6.07) is 0. The quantitative estimate of drug-likeness (QED) is 0.586. The summed E-state index contributed by atoms with van der Waals surface area (Å²) in [5.41, 5.74) is 0. The average molecular weight is 146 g/mol. The van der Waals surface area contributed by atoms with Crippen LogP contribution in [0.2, 0.25) is 0 Å². The third-order valence-electron chi connectivity index (χ3n) is 1.70. The molecule has 0 amide bonds. The summed E-state index contributed by atoms with van der Waals surface area (Å²) in [6.45, 7) is 4.24.